The molecule has 0 unspecified atom stereocenters. The molecule has 0 amide bonds. The fourth-order valence-electron chi connectivity index (χ4n) is 2.21. The van der Waals surface area contributed by atoms with Gasteiger partial charge in [-0.2, -0.15) is 0 Å². The lowest BCUT2D eigenvalue weighted by molar-refractivity contribution is 0.318. The summed E-state index contributed by atoms with van der Waals surface area (Å²) in [6.45, 7) is 9.08. The van der Waals surface area contributed by atoms with Gasteiger partial charge in [-0.15, -0.1) is 0 Å². The van der Waals surface area contributed by atoms with Crippen molar-refractivity contribution in [2.24, 2.45) is 22.7 Å². The number of nitrogens with two attached hydrogens (primary N) is 1. The Balaban J connectivity index is 3.25. The molecule has 0 atom stereocenters. The minimum Gasteiger partial charge on any atom is -0.409 e. The van der Waals surface area contributed by atoms with Crippen molar-refractivity contribution >= 4 is 11.5 Å². The van der Waals surface area contributed by atoms with Crippen LogP contribution in [0, 0.1) is 23.5 Å². The Morgan fingerprint density at radius 1 is 1.14 bits per heavy atom. The van der Waals surface area contributed by atoms with E-state index in [9.17, 15) is 8.78 Å². The molecule has 118 valence electrons. The molecule has 0 bridgehead atoms. The normalized spacial score (nSPS) is 12.3. The van der Waals surface area contributed by atoms with Gasteiger partial charge in [0.15, 0.2) is 5.84 Å². The highest BCUT2D eigenvalue weighted by Gasteiger charge is 2.20. The van der Waals surface area contributed by atoms with E-state index in [1.165, 1.54) is 0 Å². The van der Waals surface area contributed by atoms with Crippen LogP contribution in [0.2, 0.25) is 0 Å². The summed E-state index contributed by atoms with van der Waals surface area (Å²) >= 11 is 0. The summed E-state index contributed by atoms with van der Waals surface area (Å²) < 4.78 is 28.6. The molecule has 6 heteroatoms. The van der Waals surface area contributed by atoms with Crippen LogP contribution in [0.5, 0.6) is 0 Å². The van der Waals surface area contributed by atoms with Crippen molar-refractivity contribution in [1.29, 1.82) is 0 Å². The molecular formula is C15H23F2N3O. The molecule has 0 aliphatic rings. The Morgan fingerprint density at radius 2 is 1.57 bits per heavy atom. The number of halogens is 2. The molecule has 0 spiro atoms. The quantitative estimate of drug-likeness (QED) is 0.367. The Bertz CT molecular complexity index is 483. The lowest BCUT2D eigenvalue weighted by Crippen LogP contribution is -2.33. The highest BCUT2D eigenvalue weighted by atomic mass is 19.1. The lowest BCUT2D eigenvalue weighted by atomic mass is 10.1. The van der Waals surface area contributed by atoms with Crippen LogP contribution in [0.4, 0.5) is 14.5 Å². The Kier molecular flexibility index (Phi) is 5.93. The molecule has 0 saturated heterocycles. The zero-order valence-corrected chi connectivity index (χ0v) is 12.9. The second kappa shape index (κ2) is 7.24. The number of hydrogen-bond donors (Lipinski definition) is 2. The molecule has 3 N–H and O–H groups in total. The van der Waals surface area contributed by atoms with Gasteiger partial charge in [-0.25, -0.2) is 8.78 Å². The van der Waals surface area contributed by atoms with E-state index in [2.05, 4.69) is 5.16 Å². The van der Waals surface area contributed by atoms with Crippen molar-refractivity contribution in [3.63, 3.8) is 0 Å². The number of nitrogens with zero attached hydrogens (tertiary/aromatic N) is 2. The smallest absolute Gasteiger partial charge is 0.170 e. The zero-order valence-electron chi connectivity index (χ0n) is 12.9. The second-order valence-corrected chi connectivity index (χ2v) is 5.97. The van der Waals surface area contributed by atoms with Gasteiger partial charge in [0.2, 0.25) is 0 Å². The van der Waals surface area contributed by atoms with Gasteiger partial charge in [0.25, 0.3) is 0 Å². The first-order valence-corrected chi connectivity index (χ1v) is 6.98. The van der Waals surface area contributed by atoms with Crippen molar-refractivity contribution in [1.82, 2.24) is 0 Å². The summed E-state index contributed by atoms with van der Waals surface area (Å²) in [4.78, 5) is 1.70. The van der Waals surface area contributed by atoms with Crippen molar-refractivity contribution in [3.05, 3.63) is 29.3 Å². The molecule has 21 heavy (non-hydrogen) atoms. The molecular weight excluding hydrogens is 276 g/mol. The van der Waals surface area contributed by atoms with E-state index in [1.54, 1.807) is 4.90 Å². The SMILES string of the molecule is CC(C)CN(CC(C)C)c1c(F)cc(C(N)=NO)cc1F. The average molecular weight is 299 g/mol. The number of amidine groups is 1. The van der Waals surface area contributed by atoms with E-state index in [4.69, 9.17) is 10.9 Å². The second-order valence-electron chi connectivity index (χ2n) is 5.97. The fourth-order valence-corrected chi connectivity index (χ4v) is 2.21. The number of hydrogen-bond acceptors (Lipinski definition) is 3. The topological polar surface area (TPSA) is 61.8 Å². The summed E-state index contributed by atoms with van der Waals surface area (Å²) in [5, 5.41) is 11.4. The average Bonchev–Trinajstić information content (AvgIpc) is 2.35. The molecule has 1 aromatic rings. The third kappa shape index (κ3) is 4.58. The number of benzene rings is 1. The van der Waals surface area contributed by atoms with Gasteiger partial charge >= 0.3 is 0 Å². The van der Waals surface area contributed by atoms with Crippen LogP contribution >= 0.6 is 0 Å². The first-order chi connectivity index (χ1) is 9.76. The number of oxime groups is 1. The van der Waals surface area contributed by atoms with Crippen molar-refractivity contribution in [3.8, 4) is 0 Å². The first-order valence-electron chi connectivity index (χ1n) is 6.98. The van der Waals surface area contributed by atoms with Crippen molar-refractivity contribution in [2.45, 2.75) is 27.7 Å². The summed E-state index contributed by atoms with van der Waals surface area (Å²) in [6.07, 6.45) is 0. The van der Waals surface area contributed by atoms with E-state index in [-0.39, 0.29) is 28.9 Å². The van der Waals surface area contributed by atoms with Gasteiger partial charge in [0.1, 0.15) is 17.3 Å². The van der Waals surface area contributed by atoms with Crippen LogP contribution in [0.15, 0.2) is 17.3 Å². The minimum absolute atomic E-state index is 0.0188. The highest BCUT2D eigenvalue weighted by molar-refractivity contribution is 5.97. The van der Waals surface area contributed by atoms with Crippen LogP contribution in [-0.4, -0.2) is 24.1 Å². The van der Waals surface area contributed by atoms with E-state index in [1.807, 2.05) is 27.7 Å². The maximum atomic E-state index is 14.3. The van der Waals surface area contributed by atoms with Gasteiger partial charge in [0, 0.05) is 18.7 Å². The molecule has 0 aromatic heterocycles. The monoisotopic (exact) mass is 299 g/mol. The molecule has 0 aliphatic heterocycles. The summed E-state index contributed by atoms with van der Waals surface area (Å²) in [7, 11) is 0. The van der Waals surface area contributed by atoms with Gasteiger partial charge < -0.3 is 15.8 Å². The van der Waals surface area contributed by atoms with Crippen LogP contribution in [0.25, 0.3) is 0 Å². The van der Waals surface area contributed by atoms with Crippen LogP contribution in [0.1, 0.15) is 33.3 Å². The van der Waals surface area contributed by atoms with Gasteiger partial charge in [-0.1, -0.05) is 32.9 Å². The Morgan fingerprint density at radius 3 is 1.90 bits per heavy atom. The maximum absolute atomic E-state index is 14.3. The van der Waals surface area contributed by atoms with Gasteiger partial charge in [-0.05, 0) is 24.0 Å². The number of rotatable bonds is 6. The summed E-state index contributed by atoms with van der Waals surface area (Å²) in [5.74, 6) is -1.20. The lowest BCUT2D eigenvalue weighted by Gasteiger charge is -2.29. The van der Waals surface area contributed by atoms with Crippen LogP contribution < -0.4 is 10.6 Å². The predicted octanol–water partition coefficient (Wildman–Crippen LogP) is 3.18. The molecule has 0 saturated carbocycles. The molecule has 0 fully saturated rings. The van der Waals surface area contributed by atoms with E-state index < -0.39 is 11.6 Å². The first kappa shape index (κ1) is 17.2. The maximum Gasteiger partial charge on any atom is 0.170 e. The zero-order chi connectivity index (χ0) is 16.2. The molecule has 0 aliphatic carbocycles. The van der Waals surface area contributed by atoms with E-state index in [0.717, 1.165) is 12.1 Å². The third-order valence-electron chi connectivity index (χ3n) is 2.91. The highest BCUT2D eigenvalue weighted by Crippen LogP contribution is 2.26. The molecule has 0 radical (unpaired) electrons. The van der Waals surface area contributed by atoms with Crippen molar-refractivity contribution < 1.29 is 14.0 Å². The molecule has 1 aromatic carbocycles. The van der Waals surface area contributed by atoms with Gasteiger partial charge in [0.05, 0.1) is 0 Å². The third-order valence-corrected chi connectivity index (χ3v) is 2.91. The van der Waals surface area contributed by atoms with Crippen LogP contribution in [-0.2, 0) is 0 Å². The Hall–Kier alpha value is -1.85. The summed E-state index contributed by atoms with van der Waals surface area (Å²) in [6, 6.07) is 2.17. The van der Waals surface area contributed by atoms with E-state index >= 15 is 0 Å². The fraction of sp³-hybridized carbons (Fsp3) is 0.533. The Labute approximate surface area is 124 Å². The number of anilines is 1. The molecule has 1 rings (SSSR count). The van der Waals surface area contributed by atoms with Gasteiger partial charge in [-0.3, -0.25) is 0 Å². The largest absolute Gasteiger partial charge is 0.409 e. The molecule has 4 nitrogen and oxygen atoms in total. The predicted molar refractivity (Wildman–Crippen MR) is 80.8 cm³/mol. The van der Waals surface area contributed by atoms with Crippen molar-refractivity contribution in [2.75, 3.05) is 18.0 Å². The molecule has 0 heterocycles. The van der Waals surface area contributed by atoms with Crippen LogP contribution in [0.3, 0.4) is 0 Å². The standard InChI is InChI=1S/C15H23F2N3O/c1-9(2)7-20(8-10(3)4)14-12(16)5-11(6-13(14)17)15(18)19-21/h5-6,9-10,21H,7-8H2,1-4H3,(H2,18,19). The summed E-state index contributed by atoms with van der Waals surface area (Å²) in [5.41, 5.74) is 5.33. The van der Waals surface area contributed by atoms with E-state index in [0.29, 0.717) is 13.1 Å². The minimum atomic E-state index is -0.710.